The highest BCUT2D eigenvalue weighted by molar-refractivity contribution is 5.78. The summed E-state index contributed by atoms with van der Waals surface area (Å²) >= 11 is 0. The van der Waals surface area contributed by atoms with Crippen LogP contribution >= 0.6 is 0 Å². The molecule has 0 amide bonds. The molecular weight excluding hydrogens is 189 g/mol. The van der Waals surface area contributed by atoms with Gasteiger partial charge in [-0.05, 0) is 6.42 Å². The molecule has 78 valence electrons. The van der Waals surface area contributed by atoms with Gasteiger partial charge in [-0.1, -0.05) is 13.8 Å². The number of aliphatic carboxylic acids is 1. The van der Waals surface area contributed by atoms with Gasteiger partial charge in [0.05, 0.1) is 0 Å². The van der Waals surface area contributed by atoms with Crippen LogP contribution in [0.15, 0.2) is 0 Å². The van der Waals surface area contributed by atoms with E-state index in [9.17, 15) is 18.0 Å². The average molecular weight is 200 g/mol. The quantitative estimate of drug-likeness (QED) is 0.724. The lowest BCUT2D eigenvalue weighted by molar-refractivity contribution is -0.274. The molecule has 0 aromatic carbocycles. The molecule has 2 N–H and O–H groups in total. The zero-order chi connectivity index (χ0) is 10.9. The monoisotopic (exact) mass is 200 g/mol. The van der Waals surface area contributed by atoms with Crippen LogP contribution in [0, 0.1) is 5.92 Å². The molecule has 0 aliphatic heterocycles. The van der Waals surface area contributed by atoms with Crippen LogP contribution in [0.25, 0.3) is 0 Å². The van der Waals surface area contributed by atoms with E-state index in [0.717, 1.165) is 6.92 Å². The van der Waals surface area contributed by atoms with Gasteiger partial charge >= 0.3 is 12.1 Å². The number of hydrogen-bond acceptors (Lipinski definition) is 2. The van der Waals surface area contributed by atoms with Crippen molar-refractivity contribution in [3.05, 3.63) is 0 Å². The van der Waals surface area contributed by atoms with E-state index in [2.05, 4.69) is 0 Å². The van der Waals surface area contributed by atoms with Gasteiger partial charge in [0.15, 0.2) is 0 Å². The molecule has 2 atom stereocenters. The van der Waals surface area contributed by atoms with Gasteiger partial charge in [-0.25, -0.2) is 4.79 Å². The molecule has 0 aromatic rings. The molecule has 0 aliphatic rings. The second-order valence-electron chi connectivity index (χ2n) is 2.88. The Hall–Kier alpha value is -0.780. The second kappa shape index (κ2) is 3.53. The molecule has 0 fully saturated rings. The second-order valence-corrected chi connectivity index (χ2v) is 2.88. The van der Waals surface area contributed by atoms with E-state index in [4.69, 9.17) is 10.2 Å². The third-order valence-electron chi connectivity index (χ3n) is 2.08. The minimum absolute atomic E-state index is 0.0672. The molecule has 0 aromatic heterocycles. The Morgan fingerprint density at radius 3 is 1.92 bits per heavy atom. The molecule has 0 heterocycles. The maximum Gasteiger partial charge on any atom is 0.428 e. The molecule has 0 saturated carbocycles. The van der Waals surface area contributed by atoms with Crippen molar-refractivity contribution in [3.63, 3.8) is 0 Å². The van der Waals surface area contributed by atoms with Gasteiger partial charge in [-0.15, -0.1) is 0 Å². The summed E-state index contributed by atoms with van der Waals surface area (Å²) in [4.78, 5) is 10.3. The van der Waals surface area contributed by atoms with Crippen molar-refractivity contribution < 1.29 is 28.2 Å². The minimum Gasteiger partial charge on any atom is -0.479 e. The van der Waals surface area contributed by atoms with Crippen molar-refractivity contribution in [1.29, 1.82) is 0 Å². The zero-order valence-electron chi connectivity index (χ0n) is 7.22. The third-order valence-corrected chi connectivity index (χ3v) is 2.08. The molecule has 13 heavy (non-hydrogen) atoms. The van der Waals surface area contributed by atoms with E-state index in [1.807, 2.05) is 0 Å². The Bertz CT molecular complexity index is 202. The standard InChI is InChI=1S/C7H11F3O3/c1-3-4(2)6(13,5(11)12)7(8,9)10/h4,13H,3H2,1-2H3,(H,11,12). The van der Waals surface area contributed by atoms with Crippen molar-refractivity contribution in [2.45, 2.75) is 32.0 Å². The molecule has 0 radical (unpaired) electrons. The van der Waals surface area contributed by atoms with E-state index < -0.39 is 23.7 Å². The van der Waals surface area contributed by atoms with Crippen LogP contribution in [0.2, 0.25) is 0 Å². The molecule has 0 saturated heterocycles. The van der Waals surface area contributed by atoms with E-state index in [-0.39, 0.29) is 6.42 Å². The van der Waals surface area contributed by atoms with Gasteiger partial charge in [-0.3, -0.25) is 0 Å². The maximum atomic E-state index is 12.2. The van der Waals surface area contributed by atoms with Crippen molar-refractivity contribution in [2.75, 3.05) is 0 Å². The van der Waals surface area contributed by atoms with E-state index in [1.165, 1.54) is 6.92 Å². The highest BCUT2D eigenvalue weighted by atomic mass is 19.4. The largest absolute Gasteiger partial charge is 0.479 e. The van der Waals surface area contributed by atoms with E-state index >= 15 is 0 Å². The van der Waals surface area contributed by atoms with Crippen molar-refractivity contribution >= 4 is 5.97 Å². The number of rotatable bonds is 3. The number of hydrogen-bond donors (Lipinski definition) is 2. The Labute approximate surface area is 73.2 Å². The van der Waals surface area contributed by atoms with Crippen LogP contribution in [0.3, 0.4) is 0 Å². The lowest BCUT2D eigenvalue weighted by atomic mass is 9.86. The summed E-state index contributed by atoms with van der Waals surface area (Å²) in [5.41, 5.74) is -3.64. The number of halogens is 3. The lowest BCUT2D eigenvalue weighted by Crippen LogP contribution is -2.56. The molecule has 0 aliphatic carbocycles. The topological polar surface area (TPSA) is 57.5 Å². The van der Waals surface area contributed by atoms with Crippen LogP contribution in [-0.4, -0.2) is 28.0 Å². The number of alkyl halides is 3. The molecule has 2 unspecified atom stereocenters. The molecule has 0 rings (SSSR count). The van der Waals surface area contributed by atoms with Crippen LogP contribution < -0.4 is 0 Å². The number of carboxylic acids is 1. The Balaban J connectivity index is 5.08. The first-order valence-electron chi connectivity index (χ1n) is 3.70. The fraction of sp³-hybridized carbons (Fsp3) is 0.857. The van der Waals surface area contributed by atoms with Crippen LogP contribution in [-0.2, 0) is 4.79 Å². The molecular formula is C7H11F3O3. The predicted octanol–water partition coefficient (Wildman–Crippen LogP) is 1.41. The fourth-order valence-electron chi connectivity index (χ4n) is 0.907. The average Bonchev–Trinajstić information content (AvgIpc) is 1.98. The van der Waals surface area contributed by atoms with Gasteiger partial charge in [0.25, 0.3) is 5.60 Å². The summed E-state index contributed by atoms with van der Waals surface area (Å²) < 4.78 is 36.5. The summed E-state index contributed by atoms with van der Waals surface area (Å²) in [5.74, 6) is -3.63. The van der Waals surface area contributed by atoms with E-state index in [1.54, 1.807) is 0 Å². The Morgan fingerprint density at radius 2 is 1.85 bits per heavy atom. The van der Waals surface area contributed by atoms with Crippen LogP contribution in [0.5, 0.6) is 0 Å². The molecule has 0 spiro atoms. The highest BCUT2D eigenvalue weighted by Crippen LogP contribution is 2.37. The number of aliphatic hydroxyl groups is 1. The first-order valence-corrected chi connectivity index (χ1v) is 3.70. The fourth-order valence-corrected chi connectivity index (χ4v) is 0.907. The zero-order valence-corrected chi connectivity index (χ0v) is 7.22. The van der Waals surface area contributed by atoms with Crippen molar-refractivity contribution in [2.24, 2.45) is 5.92 Å². The van der Waals surface area contributed by atoms with Gasteiger partial charge in [0.2, 0.25) is 0 Å². The van der Waals surface area contributed by atoms with Gasteiger partial charge in [0.1, 0.15) is 0 Å². The smallest absolute Gasteiger partial charge is 0.428 e. The van der Waals surface area contributed by atoms with Crippen LogP contribution in [0.4, 0.5) is 13.2 Å². The minimum atomic E-state index is -5.14. The summed E-state index contributed by atoms with van der Waals surface area (Å²) in [5, 5.41) is 17.3. The third kappa shape index (κ3) is 1.93. The summed E-state index contributed by atoms with van der Waals surface area (Å²) in [7, 11) is 0. The molecule has 6 heteroatoms. The Kier molecular flexibility index (Phi) is 3.32. The van der Waals surface area contributed by atoms with Gasteiger partial charge in [0, 0.05) is 5.92 Å². The lowest BCUT2D eigenvalue weighted by Gasteiger charge is -2.30. The Morgan fingerprint density at radius 1 is 1.46 bits per heavy atom. The first-order chi connectivity index (χ1) is 5.67. The highest BCUT2D eigenvalue weighted by Gasteiger charge is 2.62. The summed E-state index contributed by atoms with van der Waals surface area (Å²) in [6.07, 6.45) is -5.21. The maximum absolute atomic E-state index is 12.2. The SMILES string of the molecule is CCC(C)C(O)(C(=O)O)C(F)(F)F. The van der Waals surface area contributed by atoms with Gasteiger partial charge < -0.3 is 10.2 Å². The number of carboxylic acid groups (broad SMARTS) is 1. The van der Waals surface area contributed by atoms with E-state index in [0.29, 0.717) is 0 Å². The summed E-state index contributed by atoms with van der Waals surface area (Å²) in [6, 6.07) is 0. The molecule has 3 nitrogen and oxygen atoms in total. The van der Waals surface area contributed by atoms with Gasteiger partial charge in [-0.2, -0.15) is 13.2 Å². The van der Waals surface area contributed by atoms with Crippen molar-refractivity contribution in [1.82, 2.24) is 0 Å². The predicted molar refractivity (Wildman–Crippen MR) is 38.1 cm³/mol. The van der Waals surface area contributed by atoms with Crippen LogP contribution in [0.1, 0.15) is 20.3 Å². The normalized spacial score (nSPS) is 19.2. The molecule has 0 bridgehead atoms. The number of carbonyl (C=O) groups is 1. The summed E-state index contributed by atoms with van der Waals surface area (Å²) in [6.45, 7) is 2.42. The first kappa shape index (κ1) is 12.2. The van der Waals surface area contributed by atoms with Crippen molar-refractivity contribution in [3.8, 4) is 0 Å².